The normalized spacial score (nSPS) is 20.9. The predicted octanol–water partition coefficient (Wildman–Crippen LogP) is 4.49. The molecule has 0 aromatic heterocycles. The zero-order valence-corrected chi connectivity index (χ0v) is 14.1. The molecule has 2 rings (SSSR count). The van der Waals surface area contributed by atoms with Crippen molar-refractivity contribution < 1.29 is 0 Å². The number of nitrogens with two attached hydrogens (primary N) is 1. The Labute approximate surface area is 131 Å². The number of nitrogens with zero attached hydrogens (tertiary/aromatic N) is 1. The van der Waals surface area contributed by atoms with Gasteiger partial charge in [0.25, 0.3) is 0 Å². The summed E-state index contributed by atoms with van der Waals surface area (Å²) in [6, 6.07) is 9.24. The Morgan fingerprint density at radius 1 is 1.15 bits per heavy atom. The Balaban J connectivity index is 2.21. The maximum absolute atomic E-state index is 6.46. The highest BCUT2D eigenvalue weighted by atomic mass is 79.9. The molecule has 2 unspecified atom stereocenters. The fourth-order valence-corrected chi connectivity index (χ4v) is 3.61. The van der Waals surface area contributed by atoms with Crippen molar-refractivity contribution in [2.24, 2.45) is 5.73 Å². The van der Waals surface area contributed by atoms with E-state index in [1.807, 2.05) is 0 Å². The van der Waals surface area contributed by atoms with Crippen molar-refractivity contribution in [1.82, 2.24) is 4.90 Å². The Bertz CT molecular complexity index is 400. The molecule has 0 bridgehead atoms. The maximum atomic E-state index is 6.46. The van der Waals surface area contributed by atoms with Crippen LogP contribution >= 0.6 is 15.9 Å². The second-order valence-electron chi connectivity index (χ2n) is 5.88. The summed E-state index contributed by atoms with van der Waals surface area (Å²) in [6.07, 6.45) is 7.76. The van der Waals surface area contributed by atoms with Crippen LogP contribution in [0, 0.1) is 0 Å². The van der Waals surface area contributed by atoms with Crippen molar-refractivity contribution in [2.45, 2.75) is 57.5 Å². The largest absolute Gasteiger partial charge is 0.326 e. The van der Waals surface area contributed by atoms with E-state index in [1.54, 1.807) is 0 Å². The maximum Gasteiger partial charge on any atom is 0.0499 e. The molecule has 2 atom stereocenters. The van der Waals surface area contributed by atoms with E-state index in [4.69, 9.17) is 5.73 Å². The van der Waals surface area contributed by atoms with Gasteiger partial charge in [-0.1, -0.05) is 54.2 Å². The van der Waals surface area contributed by atoms with Crippen LogP contribution in [0.3, 0.4) is 0 Å². The van der Waals surface area contributed by atoms with Gasteiger partial charge in [-0.2, -0.15) is 0 Å². The lowest BCUT2D eigenvalue weighted by atomic mass is 9.94. The summed E-state index contributed by atoms with van der Waals surface area (Å²) < 4.78 is 1.15. The molecule has 1 aliphatic rings. The topological polar surface area (TPSA) is 29.3 Å². The van der Waals surface area contributed by atoms with Gasteiger partial charge in [0.2, 0.25) is 0 Å². The van der Waals surface area contributed by atoms with Gasteiger partial charge in [-0.05, 0) is 50.0 Å². The third kappa shape index (κ3) is 4.31. The minimum absolute atomic E-state index is 0.212. The summed E-state index contributed by atoms with van der Waals surface area (Å²) in [5, 5.41) is 0. The number of likely N-dealkylation sites (tertiary alicyclic amines) is 1. The van der Waals surface area contributed by atoms with Gasteiger partial charge in [0.05, 0.1) is 0 Å². The average molecular weight is 339 g/mol. The summed E-state index contributed by atoms with van der Waals surface area (Å²) in [4.78, 5) is 2.62. The Kier molecular flexibility index (Phi) is 6.53. The van der Waals surface area contributed by atoms with Crippen LogP contribution in [0.1, 0.15) is 57.1 Å². The first-order valence-corrected chi connectivity index (χ1v) is 8.76. The number of rotatable bonds is 4. The molecule has 2 nitrogen and oxygen atoms in total. The van der Waals surface area contributed by atoms with Crippen LogP contribution in [-0.4, -0.2) is 24.0 Å². The van der Waals surface area contributed by atoms with Crippen molar-refractivity contribution in [3.63, 3.8) is 0 Å². The van der Waals surface area contributed by atoms with E-state index in [-0.39, 0.29) is 6.04 Å². The molecule has 20 heavy (non-hydrogen) atoms. The second-order valence-corrected chi connectivity index (χ2v) is 6.79. The molecule has 0 saturated carbocycles. The molecule has 1 heterocycles. The molecule has 2 N–H and O–H groups in total. The molecule has 1 fully saturated rings. The fourth-order valence-electron chi connectivity index (χ4n) is 3.19. The standard InChI is InChI=1S/C17H27BrN2/c1-2-16(19)17(14-9-8-10-15(18)13-14)20-11-6-4-3-5-7-12-20/h8-10,13,16-17H,2-7,11-12,19H2,1H3. The SMILES string of the molecule is CCC(N)C(c1cccc(Br)c1)N1CCCCCCC1. The van der Waals surface area contributed by atoms with Gasteiger partial charge in [-0.3, -0.25) is 4.90 Å². The zero-order valence-electron chi connectivity index (χ0n) is 12.5. The van der Waals surface area contributed by atoms with Gasteiger partial charge in [-0.15, -0.1) is 0 Å². The Morgan fingerprint density at radius 2 is 1.80 bits per heavy atom. The summed E-state index contributed by atoms with van der Waals surface area (Å²) in [5.41, 5.74) is 7.82. The van der Waals surface area contributed by atoms with Crippen LogP contribution < -0.4 is 5.73 Å². The first kappa shape index (κ1) is 16.0. The van der Waals surface area contributed by atoms with E-state index in [2.05, 4.69) is 52.0 Å². The smallest absolute Gasteiger partial charge is 0.0499 e. The highest BCUT2D eigenvalue weighted by Gasteiger charge is 2.25. The molecule has 1 aromatic carbocycles. The van der Waals surface area contributed by atoms with Crippen molar-refractivity contribution in [2.75, 3.05) is 13.1 Å². The van der Waals surface area contributed by atoms with E-state index in [0.717, 1.165) is 10.9 Å². The highest BCUT2D eigenvalue weighted by Crippen LogP contribution is 2.29. The zero-order chi connectivity index (χ0) is 14.4. The quantitative estimate of drug-likeness (QED) is 0.875. The Hall–Kier alpha value is -0.380. The molecule has 0 radical (unpaired) electrons. The monoisotopic (exact) mass is 338 g/mol. The van der Waals surface area contributed by atoms with Crippen molar-refractivity contribution in [1.29, 1.82) is 0 Å². The lowest BCUT2D eigenvalue weighted by Crippen LogP contribution is -2.42. The number of benzene rings is 1. The molecule has 0 spiro atoms. The fraction of sp³-hybridized carbons (Fsp3) is 0.647. The Morgan fingerprint density at radius 3 is 2.40 bits per heavy atom. The van der Waals surface area contributed by atoms with Gasteiger partial charge in [0, 0.05) is 16.6 Å². The van der Waals surface area contributed by atoms with Crippen molar-refractivity contribution in [3.8, 4) is 0 Å². The molecular formula is C17H27BrN2. The van der Waals surface area contributed by atoms with Crippen LogP contribution in [0.25, 0.3) is 0 Å². The predicted molar refractivity (Wildman–Crippen MR) is 89.8 cm³/mol. The van der Waals surface area contributed by atoms with E-state index in [0.29, 0.717) is 6.04 Å². The summed E-state index contributed by atoms with van der Waals surface area (Å²) in [5.74, 6) is 0. The van der Waals surface area contributed by atoms with Gasteiger partial charge in [0.1, 0.15) is 0 Å². The summed E-state index contributed by atoms with van der Waals surface area (Å²) >= 11 is 3.59. The number of halogens is 1. The van der Waals surface area contributed by atoms with Gasteiger partial charge in [-0.25, -0.2) is 0 Å². The van der Waals surface area contributed by atoms with Crippen molar-refractivity contribution in [3.05, 3.63) is 34.3 Å². The van der Waals surface area contributed by atoms with Crippen LogP contribution in [0.4, 0.5) is 0 Å². The lowest BCUT2D eigenvalue weighted by molar-refractivity contribution is 0.155. The van der Waals surface area contributed by atoms with Crippen LogP contribution in [0.2, 0.25) is 0 Å². The summed E-state index contributed by atoms with van der Waals surface area (Å²) in [6.45, 7) is 4.56. The minimum Gasteiger partial charge on any atom is -0.326 e. The molecule has 1 saturated heterocycles. The van der Waals surface area contributed by atoms with E-state index >= 15 is 0 Å². The van der Waals surface area contributed by atoms with E-state index < -0.39 is 0 Å². The minimum atomic E-state index is 0.212. The molecular weight excluding hydrogens is 312 g/mol. The van der Waals surface area contributed by atoms with Crippen LogP contribution in [-0.2, 0) is 0 Å². The number of hydrogen-bond donors (Lipinski definition) is 1. The summed E-state index contributed by atoms with van der Waals surface area (Å²) in [7, 11) is 0. The first-order valence-electron chi connectivity index (χ1n) is 7.97. The van der Waals surface area contributed by atoms with Gasteiger partial charge >= 0.3 is 0 Å². The second kappa shape index (κ2) is 8.16. The van der Waals surface area contributed by atoms with Crippen LogP contribution in [0.15, 0.2) is 28.7 Å². The highest BCUT2D eigenvalue weighted by molar-refractivity contribution is 9.10. The average Bonchev–Trinajstić information content (AvgIpc) is 2.41. The third-order valence-corrected chi connectivity index (χ3v) is 4.84. The molecule has 0 aliphatic carbocycles. The van der Waals surface area contributed by atoms with E-state index in [1.165, 1.54) is 50.8 Å². The third-order valence-electron chi connectivity index (χ3n) is 4.35. The molecule has 0 amide bonds. The van der Waals surface area contributed by atoms with Crippen molar-refractivity contribution >= 4 is 15.9 Å². The molecule has 1 aromatic rings. The van der Waals surface area contributed by atoms with E-state index in [9.17, 15) is 0 Å². The van der Waals surface area contributed by atoms with Crippen LogP contribution in [0.5, 0.6) is 0 Å². The number of hydrogen-bond acceptors (Lipinski definition) is 2. The van der Waals surface area contributed by atoms with Gasteiger partial charge < -0.3 is 5.73 Å². The molecule has 3 heteroatoms. The molecule has 1 aliphatic heterocycles. The lowest BCUT2D eigenvalue weighted by Gasteiger charge is -2.37. The molecule has 112 valence electrons. The first-order chi connectivity index (χ1) is 9.72. The van der Waals surface area contributed by atoms with Gasteiger partial charge in [0.15, 0.2) is 0 Å².